The number of esters is 2. The SMILES string of the molecule is COC(=O)CCC(C)[C@H]1CC[C@H]2[C@@H]3[C@H](O)C[C@@H]4C[C@H](OC(C)=O)CC[C@]4(C)[C@H]3CC[C@]12C. The molecule has 0 aromatic rings. The lowest BCUT2D eigenvalue weighted by atomic mass is 9.43. The average Bonchev–Trinajstić information content (AvgIpc) is 3.09. The maximum absolute atomic E-state index is 11.7. The minimum Gasteiger partial charge on any atom is -0.469 e. The first-order chi connectivity index (χ1) is 15.1. The van der Waals surface area contributed by atoms with Crippen molar-refractivity contribution in [2.24, 2.45) is 46.3 Å². The van der Waals surface area contributed by atoms with Crippen molar-refractivity contribution < 1.29 is 24.2 Å². The fourth-order valence-corrected chi connectivity index (χ4v) is 9.15. The Morgan fingerprint density at radius 3 is 2.41 bits per heavy atom. The topological polar surface area (TPSA) is 72.8 Å². The molecule has 0 aromatic heterocycles. The van der Waals surface area contributed by atoms with Crippen molar-refractivity contribution in [2.75, 3.05) is 7.11 Å². The van der Waals surface area contributed by atoms with Crippen LogP contribution in [0.4, 0.5) is 0 Å². The minimum absolute atomic E-state index is 0.0229. The summed E-state index contributed by atoms with van der Waals surface area (Å²) in [6, 6.07) is 0. The lowest BCUT2D eigenvalue weighted by molar-refractivity contribution is -0.182. The second-order valence-electron chi connectivity index (χ2n) is 12.1. The van der Waals surface area contributed by atoms with Crippen molar-refractivity contribution in [1.82, 2.24) is 0 Å². The summed E-state index contributed by atoms with van der Waals surface area (Å²) >= 11 is 0. The Bertz CT molecular complexity index is 721. The van der Waals surface area contributed by atoms with Crippen LogP contribution in [-0.2, 0) is 19.1 Å². The van der Waals surface area contributed by atoms with Crippen molar-refractivity contribution >= 4 is 11.9 Å². The van der Waals surface area contributed by atoms with Crippen LogP contribution in [0.3, 0.4) is 0 Å². The number of fused-ring (bicyclic) bond motifs is 5. The Labute approximate surface area is 194 Å². The van der Waals surface area contributed by atoms with Gasteiger partial charge >= 0.3 is 11.9 Å². The number of aliphatic hydroxyl groups is 1. The molecule has 4 saturated carbocycles. The highest BCUT2D eigenvalue weighted by Crippen LogP contribution is 2.68. The molecule has 5 nitrogen and oxygen atoms in total. The number of carbonyl (C=O) groups is 2. The molecular formula is C27H44O5. The van der Waals surface area contributed by atoms with E-state index in [1.54, 1.807) is 0 Å². The molecule has 4 rings (SSSR count). The van der Waals surface area contributed by atoms with E-state index in [2.05, 4.69) is 20.8 Å². The molecule has 0 aliphatic heterocycles. The van der Waals surface area contributed by atoms with Crippen molar-refractivity contribution in [3.05, 3.63) is 0 Å². The summed E-state index contributed by atoms with van der Waals surface area (Å²) in [6.07, 6.45) is 9.85. The zero-order chi connectivity index (χ0) is 23.3. The Hall–Kier alpha value is -1.10. The molecule has 182 valence electrons. The van der Waals surface area contributed by atoms with Crippen LogP contribution in [0.2, 0.25) is 0 Å². The molecule has 4 aliphatic carbocycles. The van der Waals surface area contributed by atoms with E-state index in [0.717, 1.165) is 32.1 Å². The van der Waals surface area contributed by atoms with Crippen molar-refractivity contribution in [2.45, 2.75) is 104 Å². The van der Waals surface area contributed by atoms with Gasteiger partial charge in [0, 0.05) is 13.3 Å². The second kappa shape index (κ2) is 8.92. The number of ether oxygens (including phenoxy) is 2. The Balaban J connectivity index is 1.49. The Morgan fingerprint density at radius 1 is 1.03 bits per heavy atom. The molecule has 0 heterocycles. The number of carbonyl (C=O) groups excluding carboxylic acids is 2. The summed E-state index contributed by atoms with van der Waals surface area (Å²) in [4.78, 5) is 23.2. The first kappa shape index (κ1) is 24.0. The molecule has 0 aromatic carbocycles. The van der Waals surface area contributed by atoms with Gasteiger partial charge in [-0.3, -0.25) is 9.59 Å². The molecule has 5 heteroatoms. The van der Waals surface area contributed by atoms with Crippen LogP contribution in [0.5, 0.6) is 0 Å². The predicted molar refractivity (Wildman–Crippen MR) is 123 cm³/mol. The summed E-state index contributed by atoms with van der Waals surface area (Å²) in [5, 5.41) is 11.5. The first-order valence-electron chi connectivity index (χ1n) is 13.0. The van der Waals surface area contributed by atoms with Crippen molar-refractivity contribution in [3.8, 4) is 0 Å². The lowest BCUT2D eigenvalue weighted by Gasteiger charge is -2.62. The predicted octanol–water partition coefficient (Wildman–Crippen LogP) is 5.14. The van der Waals surface area contributed by atoms with E-state index < -0.39 is 0 Å². The van der Waals surface area contributed by atoms with E-state index in [4.69, 9.17) is 9.47 Å². The van der Waals surface area contributed by atoms with Gasteiger partial charge in [0.05, 0.1) is 13.2 Å². The van der Waals surface area contributed by atoms with Gasteiger partial charge in [-0.1, -0.05) is 20.8 Å². The molecule has 0 spiro atoms. The monoisotopic (exact) mass is 448 g/mol. The van der Waals surface area contributed by atoms with E-state index in [9.17, 15) is 14.7 Å². The molecule has 32 heavy (non-hydrogen) atoms. The van der Waals surface area contributed by atoms with E-state index >= 15 is 0 Å². The smallest absolute Gasteiger partial charge is 0.305 e. The summed E-state index contributed by atoms with van der Waals surface area (Å²) in [7, 11) is 1.47. The molecule has 0 saturated heterocycles. The zero-order valence-corrected chi connectivity index (χ0v) is 20.8. The summed E-state index contributed by atoms with van der Waals surface area (Å²) < 4.78 is 10.4. The third-order valence-electron chi connectivity index (χ3n) is 10.8. The van der Waals surface area contributed by atoms with Crippen molar-refractivity contribution in [1.29, 1.82) is 0 Å². The largest absolute Gasteiger partial charge is 0.469 e. The summed E-state index contributed by atoms with van der Waals surface area (Å²) in [6.45, 7) is 8.78. The highest BCUT2D eigenvalue weighted by Gasteiger charge is 2.63. The molecule has 10 atom stereocenters. The van der Waals surface area contributed by atoms with Crippen LogP contribution in [-0.4, -0.2) is 36.4 Å². The van der Waals surface area contributed by atoms with Crippen LogP contribution in [0.1, 0.15) is 91.9 Å². The van der Waals surface area contributed by atoms with Gasteiger partial charge in [-0.15, -0.1) is 0 Å². The van der Waals surface area contributed by atoms with Crippen molar-refractivity contribution in [3.63, 3.8) is 0 Å². The number of methoxy groups -OCH3 is 1. The van der Waals surface area contributed by atoms with E-state index in [0.29, 0.717) is 41.9 Å². The third kappa shape index (κ3) is 4.01. The van der Waals surface area contributed by atoms with Crippen LogP contribution < -0.4 is 0 Å². The van der Waals surface area contributed by atoms with E-state index in [-0.39, 0.29) is 35.0 Å². The Kier molecular flexibility index (Phi) is 6.70. The number of hydrogen-bond donors (Lipinski definition) is 1. The second-order valence-corrected chi connectivity index (χ2v) is 12.1. The summed E-state index contributed by atoms with van der Waals surface area (Å²) in [5.41, 5.74) is 0.506. The molecule has 0 radical (unpaired) electrons. The summed E-state index contributed by atoms with van der Waals surface area (Å²) in [5.74, 6) is 2.81. The highest BCUT2D eigenvalue weighted by molar-refractivity contribution is 5.69. The standard InChI is InChI=1S/C27H44O5/c1-16(6-9-24(30)31-5)20-7-8-21-25-22(11-13-27(20,21)4)26(3)12-10-19(32-17(2)28)14-18(26)15-23(25)29/h16,18-23,25,29H,6-15H2,1-5H3/t16?,18-,19+,20+,21-,22-,23+,25-,26-,27+/m0/s1. The quantitative estimate of drug-likeness (QED) is 0.590. The molecular weight excluding hydrogens is 404 g/mol. The maximum Gasteiger partial charge on any atom is 0.305 e. The number of aliphatic hydroxyl groups excluding tert-OH is 1. The molecule has 0 amide bonds. The highest BCUT2D eigenvalue weighted by atomic mass is 16.5. The fraction of sp³-hybridized carbons (Fsp3) is 0.926. The van der Waals surface area contributed by atoms with Crippen LogP contribution in [0.15, 0.2) is 0 Å². The van der Waals surface area contributed by atoms with Gasteiger partial charge in [0.2, 0.25) is 0 Å². The van der Waals surface area contributed by atoms with E-state index in [1.165, 1.54) is 39.7 Å². The fourth-order valence-electron chi connectivity index (χ4n) is 9.15. The van der Waals surface area contributed by atoms with Gasteiger partial charge < -0.3 is 14.6 Å². The third-order valence-corrected chi connectivity index (χ3v) is 10.8. The normalized spacial score (nSPS) is 46.4. The van der Waals surface area contributed by atoms with Gasteiger partial charge in [-0.25, -0.2) is 0 Å². The average molecular weight is 449 g/mol. The molecule has 4 fully saturated rings. The van der Waals surface area contributed by atoms with Gasteiger partial charge in [0.25, 0.3) is 0 Å². The van der Waals surface area contributed by atoms with Gasteiger partial charge in [0.15, 0.2) is 0 Å². The van der Waals surface area contributed by atoms with Crippen LogP contribution in [0, 0.1) is 46.3 Å². The van der Waals surface area contributed by atoms with Crippen LogP contribution in [0.25, 0.3) is 0 Å². The van der Waals surface area contributed by atoms with Gasteiger partial charge in [-0.2, -0.15) is 0 Å². The molecule has 4 aliphatic rings. The Morgan fingerprint density at radius 2 is 1.72 bits per heavy atom. The molecule has 0 bridgehead atoms. The minimum atomic E-state index is -0.247. The first-order valence-corrected chi connectivity index (χ1v) is 13.0. The van der Waals surface area contributed by atoms with E-state index in [1.807, 2.05) is 0 Å². The molecule has 1 unspecified atom stereocenters. The number of hydrogen-bond acceptors (Lipinski definition) is 5. The zero-order valence-electron chi connectivity index (χ0n) is 20.8. The molecule has 1 N–H and O–H groups in total. The van der Waals surface area contributed by atoms with Crippen LogP contribution >= 0.6 is 0 Å². The van der Waals surface area contributed by atoms with Gasteiger partial charge in [-0.05, 0) is 104 Å². The maximum atomic E-state index is 11.7. The number of rotatable bonds is 5. The van der Waals surface area contributed by atoms with Gasteiger partial charge in [0.1, 0.15) is 6.10 Å². The lowest BCUT2D eigenvalue weighted by Crippen LogP contribution is -2.58.